The van der Waals surface area contributed by atoms with Gasteiger partial charge >= 0.3 is 0 Å². The molecule has 0 saturated heterocycles. The van der Waals surface area contributed by atoms with E-state index >= 15 is 0 Å². The summed E-state index contributed by atoms with van der Waals surface area (Å²) < 4.78 is 13.5. The Morgan fingerprint density at radius 1 is 1.08 bits per heavy atom. The highest BCUT2D eigenvalue weighted by atomic mass is 19.1. The van der Waals surface area contributed by atoms with E-state index in [4.69, 9.17) is 0 Å². The van der Waals surface area contributed by atoms with Crippen molar-refractivity contribution in [2.24, 2.45) is 4.99 Å². The third-order valence-electron chi connectivity index (χ3n) is 4.10. The van der Waals surface area contributed by atoms with Crippen molar-refractivity contribution in [2.45, 2.75) is 46.4 Å². The maximum atomic E-state index is 13.5. The van der Waals surface area contributed by atoms with Gasteiger partial charge in [0, 0.05) is 18.7 Å². The fourth-order valence-electron chi connectivity index (χ4n) is 2.47. The fourth-order valence-corrected chi connectivity index (χ4v) is 2.47. The first-order valence-corrected chi connectivity index (χ1v) is 9.08. The standard InChI is InChI=1S/C21H28FN3O/c1-3-4-11-23-21(24-13-17-7-5-16(2)6-8-17)25-14-18-9-10-20(22)19(12-18)15-26/h5-10,12,26H,3-4,11,13-15H2,1-2H3,(H2,23,24,25). The smallest absolute Gasteiger partial charge is 0.191 e. The van der Waals surface area contributed by atoms with Gasteiger partial charge in [0.25, 0.3) is 0 Å². The van der Waals surface area contributed by atoms with Crippen LogP contribution in [0.4, 0.5) is 4.39 Å². The Bertz CT molecular complexity index is 714. The zero-order valence-electron chi connectivity index (χ0n) is 15.6. The molecule has 140 valence electrons. The van der Waals surface area contributed by atoms with Crippen LogP contribution in [-0.4, -0.2) is 17.6 Å². The lowest BCUT2D eigenvalue weighted by Gasteiger charge is -2.13. The van der Waals surface area contributed by atoms with Gasteiger partial charge in [0.05, 0.1) is 13.2 Å². The second kappa shape index (κ2) is 10.6. The van der Waals surface area contributed by atoms with Gasteiger partial charge in [0.2, 0.25) is 0 Å². The predicted octanol–water partition coefficient (Wildman–Crippen LogP) is 3.66. The topological polar surface area (TPSA) is 56.7 Å². The van der Waals surface area contributed by atoms with Gasteiger partial charge in [0.15, 0.2) is 5.96 Å². The monoisotopic (exact) mass is 357 g/mol. The molecule has 0 amide bonds. The molecule has 0 atom stereocenters. The number of rotatable bonds is 8. The molecule has 0 aliphatic heterocycles. The molecule has 0 heterocycles. The van der Waals surface area contributed by atoms with Crippen LogP contribution in [0.2, 0.25) is 0 Å². The number of aliphatic imine (C=N–C) groups is 1. The molecule has 0 saturated carbocycles. The Kier molecular flexibility index (Phi) is 8.09. The van der Waals surface area contributed by atoms with Crippen molar-refractivity contribution in [3.8, 4) is 0 Å². The minimum Gasteiger partial charge on any atom is -0.392 e. The summed E-state index contributed by atoms with van der Waals surface area (Å²) in [6.45, 7) is 5.86. The Morgan fingerprint density at radius 3 is 2.50 bits per heavy atom. The van der Waals surface area contributed by atoms with E-state index in [1.54, 1.807) is 12.1 Å². The number of hydrogen-bond donors (Lipinski definition) is 3. The van der Waals surface area contributed by atoms with E-state index in [1.165, 1.54) is 17.2 Å². The molecule has 0 unspecified atom stereocenters. The number of benzene rings is 2. The van der Waals surface area contributed by atoms with Crippen LogP contribution < -0.4 is 10.6 Å². The van der Waals surface area contributed by atoms with E-state index in [0.29, 0.717) is 18.7 Å². The van der Waals surface area contributed by atoms with Crippen LogP contribution in [0.1, 0.15) is 42.0 Å². The van der Waals surface area contributed by atoms with Crippen LogP contribution in [-0.2, 0) is 19.7 Å². The van der Waals surface area contributed by atoms with Crippen LogP contribution in [0.3, 0.4) is 0 Å². The lowest BCUT2D eigenvalue weighted by Crippen LogP contribution is -2.37. The summed E-state index contributed by atoms with van der Waals surface area (Å²) in [6.07, 6.45) is 2.17. The summed E-state index contributed by atoms with van der Waals surface area (Å²) in [6, 6.07) is 13.1. The number of aryl methyl sites for hydroxylation is 1. The molecule has 2 aromatic carbocycles. The average Bonchev–Trinajstić information content (AvgIpc) is 2.66. The van der Waals surface area contributed by atoms with Gasteiger partial charge in [-0.1, -0.05) is 49.2 Å². The van der Waals surface area contributed by atoms with Crippen molar-refractivity contribution in [3.63, 3.8) is 0 Å². The third-order valence-corrected chi connectivity index (χ3v) is 4.10. The lowest BCUT2D eigenvalue weighted by molar-refractivity contribution is 0.275. The normalized spacial score (nSPS) is 11.5. The second-order valence-corrected chi connectivity index (χ2v) is 6.37. The van der Waals surface area contributed by atoms with Gasteiger partial charge in [-0.05, 0) is 36.6 Å². The molecule has 26 heavy (non-hydrogen) atoms. The Labute approximate surface area is 155 Å². The van der Waals surface area contributed by atoms with E-state index in [2.05, 4.69) is 53.7 Å². The first kappa shape index (κ1) is 19.9. The van der Waals surface area contributed by atoms with Gasteiger partial charge in [0.1, 0.15) is 5.82 Å². The summed E-state index contributed by atoms with van der Waals surface area (Å²) in [5.41, 5.74) is 3.58. The first-order valence-electron chi connectivity index (χ1n) is 9.08. The molecule has 0 spiro atoms. The van der Waals surface area contributed by atoms with E-state index in [9.17, 15) is 9.50 Å². The molecule has 5 heteroatoms. The summed E-state index contributed by atoms with van der Waals surface area (Å²) in [5, 5.41) is 15.9. The van der Waals surface area contributed by atoms with Gasteiger partial charge < -0.3 is 15.7 Å². The third kappa shape index (κ3) is 6.48. The van der Waals surface area contributed by atoms with E-state index < -0.39 is 0 Å². The molecular formula is C21H28FN3O. The SMILES string of the molecule is CCCCNC(=NCc1ccc(F)c(CO)c1)NCc1ccc(C)cc1. The minimum atomic E-state index is -0.390. The largest absolute Gasteiger partial charge is 0.392 e. The summed E-state index contributed by atoms with van der Waals surface area (Å²) in [4.78, 5) is 4.59. The summed E-state index contributed by atoms with van der Waals surface area (Å²) in [5.74, 6) is 0.341. The van der Waals surface area contributed by atoms with E-state index in [1.807, 2.05) is 0 Å². The molecule has 0 fully saturated rings. The molecule has 4 nitrogen and oxygen atoms in total. The molecule has 3 N–H and O–H groups in total. The van der Waals surface area contributed by atoms with Crippen LogP contribution in [0.5, 0.6) is 0 Å². The van der Waals surface area contributed by atoms with E-state index in [-0.39, 0.29) is 12.4 Å². The molecule has 0 aliphatic carbocycles. The molecule has 0 bridgehead atoms. The van der Waals surface area contributed by atoms with Gasteiger partial charge in [-0.25, -0.2) is 9.38 Å². The van der Waals surface area contributed by atoms with Crippen LogP contribution in [0.25, 0.3) is 0 Å². The Hall–Kier alpha value is -2.40. The molecule has 2 rings (SSSR count). The van der Waals surface area contributed by atoms with Crippen molar-refractivity contribution in [3.05, 3.63) is 70.5 Å². The van der Waals surface area contributed by atoms with Crippen molar-refractivity contribution in [1.29, 1.82) is 0 Å². The number of halogens is 1. The second-order valence-electron chi connectivity index (χ2n) is 6.37. The maximum Gasteiger partial charge on any atom is 0.191 e. The minimum absolute atomic E-state index is 0.297. The number of unbranched alkanes of at least 4 members (excludes halogenated alkanes) is 1. The highest BCUT2D eigenvalue weighted by Gasteiger charge is 2.04. The number of hydrogen-bond acceptors (Lipinski definition) is 2. The van der Waals surface area contributed by atoms with Gasteiger partial charge in [-0.2, -0.15) is 0 Å². The van der Waals surface area contributed by atoms with Crippen LogP contribution >= 0.6 is 0 Å². The highest BCUT2D eigenvalue weighted by Crippen LogP contribution is 2.11. The van der Waals surface area contributed by atoms with Crippen molar-refractivity contribution in [1.82, 2.24) is 10.6 Å². The summed E-state index contributed by atoms with van der Waals surface area (Å²) >= 11 is 0. The highest BCUT2D eigenvalue weighted by molar-refractivity contribution is 5.79. The van der Waals surface area contributed by atoms with Crippen molar-refractivity contribution >= 4 is 5.96 Å². The number of guanidine groups is 1. The fraction of sp³-hybridized carbons (Fsp3) is 0.381. The van der Waals surface area contributed by atoms with E-state index in [0.717, 1.165) is 30.9 Å². The van der Waals surface area contributed by atoms with Crippen LogP contribution in [0.15, 0.2) is 47.5 Å². The quantitative estimate of drug-likeness (QED) is 0.384. The van der Waals surface area contributed by atoms with Gasteiger partial charge in [-0.3, -0.25) is 0 Å². The van der Waals surface area contributed by atoms with Crippen LogP contribution in [0, 0.1) is 12.7 Å². The van der Waals surface area contributed by atoms with Crippen molar-refractivity contribution < 1.29 is 9.50 Å². The molecule has 0 aliphatic rings. The first-order chi connectivity index (χ1) is 12.6. The molecule has 0 aromatic heterocycles. The zero-order valence-corrected chi connectivity index (χ0v) is 15.6. The average molecular weight is 357 g/mol. The maximum absolute atomic E-state index is 13.5. The number of aliphatic hydroxyl groups excluding tert-OH is 1. The lowest BCUT2D eigenvalue weighted by atomic mass is 10.1. The number of nitrogens with one attached hydrogen (secondary N) is 2. The molecular weight excluding hydrogens is 329 g/mol. The number of nitrogens with zero attached hydrogens (tertiary/aromatic N) is 1. The zero-order chi connectivity index (χ0) is 18.8. The number of aliphatic hydroxyl groups is 1. The van der Waals surface area contributed by atoms with Crippen molar-refractivity contribution in [2.75, 3.05) is 6.54 Å². The Balaban J connectivity index is 2.02. The van der Waals surface area contributed by atoms with Gasteiger partial charge in [-0.15, -0.1) is 0 Å². The predicted molar refractivity (Wildman–Crippen MR) is 104 cm³/mol. The summed E-state index contributed by atoms with van der Waals surface area (Å²) in [7, 11) is 0. The Morgan fingerprint density at radius 2 is 1.81 bits per heavy atom. The molecule has 2 aromatic rings. The molecule has 0 radical (unpaired) electrons.